The minimum Gasteiger partial charge on any atom is -0.396 e. The molecule has 0 radical (unpaired) electrons. The zero-order valence-electron chi connectivity index (χ0n) is 63.9. The minimum atomic E-state index is -3.61. The quantitative estimate of drug-likeness (QED) is 0.0290. The smallest absolute Gasteiger partial charge is 0.373 e. The number of anilines is 4. The summed E-state index contributed by atoms with van der Waals surface area (Å²) < 4.78 is 116. The third kappa shape index (κ3) is 20.3. The molecule has 0 bridgehead atoms. The van der Waals surface area contributed by atoms with Crippen LogP contribution in [-0.2, 0) is 54.4 Å². The second-order valence-electron chi connectivity index (χ2n) is 27.6. The Morgan fingerprint density at radius 2 is 0.574 bits per heavy atom. The number of rotatable bonds is 25. The van der Waals surface area contributed by atoms with Gasteiger partial charge in [-0.1, -0.05) is 173 Å². The minimum absolute atomic E-state index is 0.123. The maximum atomic E-state index is 13.3. The first kappa shape index (κ1) is 85.5. The molecule has 25 heteroatoms. The van der Waals surface area contributed by atoms with Crippen molar-refractivity contribution in [3.8, 4) is 0 Å². The predicted molar refractivity (Wildman–Crippen MR) is 429 cm³/mol. The standard InChI is InChI=1S/C23H32N2O2S.C21H28N2O3S.2C19H24N2O3S.CO2/c1-4-5-6-7-8-11-16-24-23-19-12-9-10-13-21(19)25(3)28(26,27)22-17-18(2)14-15-20(22)23;1-16-11-12-18-20(15-16)27(25,26)23(2)19-10-6-5-9-17(19)21(18)22-13-7-3-4-8-14-24;1-14-9-10-16-18(13-14)25(22,23)21(2)17-8-5-4-7-15(17)19(16)20-11-6-12-24-3;1-14-9-10-16-18(13-14)25(23,24)21(2)17-8-4-3-7-15(17)19(16)20-11-5-6-12-22;2-1-3/h9-10,12-15,17,23-24H,4-8,11,16H2,1-3H3;5-6,9-12,15,21-22,24H,3-4,7-8,13-14H2,1-2H3;4-5,7-10,13,19-20H,6,11-12H2,1-3H3;3-4,7-10,13,19-20,22H,5-6,11-12H2,1-2H3;. The third-order valence-electron chi connectivity index (χ3n) is 19.9. The summed E-state index contributed by atoms with van der Waals surface area (Å²) in [6.45, 7) is 14.1. The molecule has 0 saturated carbocycles. The summed E-state index contributed by atoms with van der Waals surface area (Å²) in [5.41, 5.74) is 13.7. The van der Waals surface area contributed by atoms with Crippen LogP contribution in [0.15, 0.2) is 189 Å². The monoisotopic (exact) mass is 1550 g/mol. The molecule has 0 aromatic heterocycles. The molecule has 12 rings (SSSR count). The molecular formula is C83H108N8O13S4. The fourth-order valence-electron chi connectivity index (χ4n) is 14.1. The highest BCUT2D eigenvalue weighted by Gasteiger charge is 2.39. The molecular weight excluding hydrogens is 1450 g/mol. The number of hydrogen-bond acceptors (Lipinski definition) is 17. The van der Waals surface area contributed by atoms with Crippen LogP contribution in [0.3, 0.4) is 0 Å². The van der Waals surface area contributed by atoms with E-state index < -0.39 is 40.1 Å². The predicted octanol–water partition coefficient (Wildman–Crippen LogP) is 13.4. The number of hydrogen-bond donors (Lipinski definition) is 6. The van der Waals surface area contributed by atoms with Crippen molar-refractivity contribution in [3.63, 3.8) is 0 Å². The lowest BCUT2D eigenvalue weighted by Crippen LogP contribution is -2.26. The molecule has 8 aromatic rings. The number of methoxy groups -OCH3 is 1. The first-order valence-corrected chi connectivity index (χ1v) is 42.9. The number of nitrogens with one attached hydrogen (secondary N) is 4. The van der Waals surface area contributed by atoms with Gasteiger partial charge in [-0.25, -0.2) is 33.7 Å². The summed E-state index contributed by atoms with van der Waals surface area (Å²) in [5.74, 6) is 0. The van der Waals surface area contributed by atoms with Gasteiger partial charge in [0.15, 0.2) is 0 Å². The normalized spacial score (nSPS) is 17.6. The van der Waals surface area contributed by atoms with E-state index in [9.17, 15) is 33.7 Å². The first-order valence-electron chi connectivity index (χ1n) is 37.1. The zero-order valence-corrected chi connectivity index (χ0v) is 67.2. The molecule has 4 aliphatic rings. The number of aliphatic hydroxyl groups excluding tert-OH is 2. The topological polar surface area (TPSA) is 281 Å². The number of benzene rings is 8. The van der Waals surface area contributed by atoms with Crippen LogP contribution in [0.2, 0.25) is 0 Å². The summed E-state index contributed by atoms with van der Waals surface area (Å²) in [5, 5.41) is 32.1. The molecule has 4 unspecified atom stereocenters. The Morgan fingerprint density at radius 3 is 0.843 bits per heavy atom. The van der Waals surface area contributed by atoms with Crippen LogP contribution in [0, 0.1) is 27.7 Å². The summed E-state index contributed by atoms with van der Waals surface area (Å²) in [7, 11) is -6.20. The molecule has 0 saturated heterocycles. The molecule has 0 amide bonds. The van der Waals surface area contributed by atoms with Crippen molar-refractivity contribution in [2.75, 3.05) is 98.5 Å². The number of nitrogens with zero attached hydrogens (tertiary/aromatic N) is 4. The average molecular weight is 1550 g/mol. The lowest BCUT2D eigenvalue weighted by Gasteiger charge is -2.22. The van der Waals surface area contributed by atoms with Crippen LogP contribution < -0.4 is 38.5 Å². The zero-order chi connectivity index (χ0) is 78.3. The molecule has 6 N–H and O–H groups in total. The molecule has 8 aromatic carbocycles. The average Bonchev–Trinajstić information content (AvgIpc) is 1.62. The van der Waals surface area contributed by atoms with Crippen molar-refractivity contribution >= 4 is 69.0 Å². The highest BCUT2D eigenvalue weighted by atomic mass is 32.2. The fourth-order valence-corrected chi connectivity index (χ4v) is 20.2. The van der Waals surface area contributed by atoms with E-state index in [1.54, 1.807) is 59.6 Å². The van der Waals surface area contributed by atoms with Gasteiger partial charge in [0.05, 0.1) is 66.5 Å². The van der Waals surface area contributed by atoms with E-state index in [-0.39, 0.29) is 43.5 Å². The van der Waals surface area contributed by atoms with Crippen LogP contribution in [0.4, 0.5) is 22.7 Å². The van der Waals surface area contributed by atoms with Gasteiger partial charge in [0.1, 0.15) is 0 Å². The van der Waals surface area contributed by atoms with Crippen molar-refractivity contribution in [1.29, 1.82) is 0 Å². The van der Waals surface area contributed by atoms with Crippen LogP contribution in [0.25, 0.3) is 0 Å². The van der Waals surface area contributed by atoms with E-state index in [0.717, 1.165) is 143 Å². The van der Waals surface area contributed by atoms with Crippen molar-refractivity contribution in [3.05, 3.63) is 237 Å². The summed E-state index contributed by atoms with van der Waals surface area (Å²) in [4.78, 5) is 17.8. The maximum absolute atomic E-state index is 13.3. The van der Waals surface area contributed by atoms with E-state index in [2.05, 4.69) is 28.2 Å². The second kappa shape index (κ2) is 40.0. The van der Waals surface area contributed by atoms with Crippen LogP contribution in [0.1, 0.15) is 181 Å². The van der Waals surface area contributed by atoms with Gasteiger partial charge in [-0.05, 0) is 208 Å². The number of sulfonamides is 4. The Bertz CT molecular complexity index is 4680. The molecule has 0 fully saturated rings. The molecule has 0 spiro atoms. The molecule has 4 aliphatic heterocycles. The van der Waals surface area contributed by atoms with Gasteiger partial charge in [0, 0.05) is 55.1 Å². The first-order chi connectivity index (χ1) is 51.8. The Kier molecular flexibility index (Phi) is 31.6. The van der Waals surface area contributed by atoms with Gasteiger partial charge in [-0.2, -0.15) is 9.59 Å². The molecule has 4 heterocycles. The highest BCUT2D eigenvalue weighted by Crippen LogP contribution is 2.45. The van der Waals surface area contributed by atoms with Gasteiger partial charge in [0.25, 0.3) is 40.1 Å². The highest BCUT2D eigenvalue weighted by molar-refractivity contribution is 7.93. The van der Waals surface area contributed by atoms with E-state index in [1.165, 1.54) is 49.3 Å². The lowest BCUT2D eigenvalue weighted by molar-refractivity contribution is -0.191. The molecule has 108 heavy (non-hydrogen) atoms. The lowest BCUT2D eigenvalue weighted by atomic mass is 9.96. The number of para-hydroxylation sites is 4. The van der Waals surface area contributed by atoms with Crippen molar-refractivity contribution in [2.24, 2.45) is 0 Å². The van der Waals surface area contributed by atoms with Crippen molar-refractivity contribution in [2.45, 2.75) is 162 Å². The van der Waals surface area contributed by atoms with Gasteiger partial charge < -0.3 is 36.2 Å². The number of carbonyl (C=O) groups excluding carboxylic acids is 2. The van der Waals surface area contributed by atoms with E-state index >= 15 is 0 Å². The van der Waals surface area contributed by atoms with Crippen molar-refractivity contribution in [1.82, 2.24) is 21.3 Å². The maximum Gasteiger partial charge on any atom is 0.373 e. The molecule has 4 atom stereocenters. The van der Waals surface area contributed by atoms with Crippen LogP contribution in [0.5, 0.6) is 0 Å². The Hall–Kier alpha value is -8.14. The van der Waals surface area contributed by atoms with Gasteiger partial charge in [-0.3, -0.25) is 17.2 Å². The number of ether oxygens (including phenoxy) is 1. The molecule has 0 aliphatic carbocycles. The third-order valence-corrected chi connectivity index (χ3v) is 27.2. The summed E-state index contributed by atoms with van der Waals surface area (Å²) in [6, 6.07) is 52.8. The second-order valence-corrected chi connectivity index (χ2v) is 35.4. The Morgan fingerprint density at radius 1 is 0.343 bits per heavy atom. The van der Waals surface area contributed by atoms with Crippen LogP contribution >= 0.6 is 0 Å². The number of aliphatic hydroxyl groups is 2. The SMILES string of the molecule is CCCCCCCCNC1c2ccccc2N(C)S(=O)(=O)c2cc(C)ccc21.COCCCNC1c2ccccc2N(C)S(=O)(=O)c2cc(C)ccc21.Cc1ccc2c(c1)S(=O)(=O)N(C)c1ccccc1C2NCCCCCCO.Cc1ccc2c(c1)S(=O)(=O)N(C)c1ccccc1C2NCCCCO.O=C=O. The van der Waals surface area contributed by atoms with Gasteiger partial charge >= 0.3 is 6.15 Å². The largest absolute Gasteiger partial charge is 0.396 e. The summed E-state index contributed by atoms with van der Waals surface area (Å²) in [6.07, 6.45) is 14.0. The number of unbranched alkanes of at least 4 members (excludes halogenated alkanes) is 9. The van der Waals surface area contributed by atoms with Crippen LogP contribution in [-0.4, -0.2) is 131 Å². The van der Waals surface area contributed by atoms with E-state index in [0.29, 0.717) is 49.8 Å². The Labute approximate surface area is 641 Å². The van der Waals surface area contributed by atoms with E-state index in [4.69, 9.17) is 24.5 Å². The fraction of sp³-hybridized carbons (Fsp3) is 0.410. The number of fused-ring (bicyclic) bond motifs is 8. The van der Waals surface area contributed by atoms with Gasteiger partial charge in [0.2, 0.25) is 0 Å². The van der Waals surface area contributed by atoms with E-state index in [1.807, 2.05) is 173 Å². The molecule has 21 nitrogen and oxygen atoms in total. The summed E-state index contributed by atoms with van der Waals surface area (Å²) >= 11 is 0. The van der Waals surface area contributed by atoms with Crippen molar-refractivity contribution < 1.29 is 58.2 Å². The Balaban J connectivity index is 0.000000179. The van der Waals surface area contributed by atoms with Gasteiger partial charge in [-0.15, -0.1) is 0 Å². The number of aryl methyl sites for hydroxylation is 4. The molecule has 582 valence electrons.